The number of carbonyl (C=O) groups is 1. The van der Waals surface area contributed by atoms with Crippen molar-refractivity contribution in [3.8, 4) is 28.1 Å². The van der Waals surface area contributed by atoms with Gasteiger partial charge in [0.25, 0.3) is 0 Å². The Hall–Kier alpha value is -2.47. The van der Waals surface area contributed by atoms with Gasteiger partial charge in [0.2, 0.25) is 5.88 Å². The smallest absolute Gasteiger partial charge is 0.212 e. The van der Waals surface area contributed by atoms with Crippen LogP contribution < -0.4 is 4.74 Å². The number of rotatable bonds is 7. The molecule has 0 aliphatic carbocycles. The number of aromatic nitrogens is 3. The normalized spacial score (nSPS) is 15.7. The maximum atomic E-state index is 8.81. The molecule has 4 aromatic rings. The van der Waals surface area contributed by atoms with Gasteiger partial charge in [0.1, 0.15) is 6.29 Å². The number of ether oxygens (including phenoxy) is 2. The molecule has 1 fully saturated rings. The summed E-state index contributed by atoms with van der Waals surface area (Å²) in [5.41, 5.74) is 6.70. The van der Waals surface area contributed by atoms with Gasteiger partial charge in [-0.05, 0) is 49.6 Å². The molecule has 0 amide bonds. The van der Waals surface area contributed by atoms with E-state index in [-0.39, 0.29) is 0 Å². The quantitative estimate of drug-likeness (QED) is 0.172. The molecular formula is C28H31IN4O3S. The van der Waals surface area contributed by atoms with Crippen LogP contribution in [0, 0.1) is 0 Å². The van der Waals surface area contributed by atoms with E-state index in [1.54, 1.807) is 16.2 Å². The van der Waals surface area contributed by atoms with Crippen LogP contribution >= 0.6 is 30.3 Å². The summed E-state index contributed by atoms with van der Waals surface area (Å²) in [7, 11) is 5.06. The molecule has 0 saturated carbocycles. The zero-order valence-corrected chi connectivity index (χ0v) is 24.2. The second-order valence-electron chi connectivity index (χ2n) is 8.79. The van der Waals surface area contributed by atoms with E-state index in [4.69, 9.17) is 19.3 Å². The third-order valence-electron chi connectivity index (χ3n) is 6.43. The van der Waals surface area contributed by atoms with Crippen LogP contribution in [-0.2, 0) is 16.1 Å². The number of hydrogen-bond acceptors (Lipinski definition) is 7. The van der Waals surface area contributed by atoms with Gasteiger partial charge in [0, 0.05) is 97.3 Å². The van der Waals surface area contributed by atoms with E-state index in [9.17, 15) is 0 Å². The van der Waals surface area contributed by atoms with Gasteiger partial charge in [-0.1, -0.05) is 24.3 Å². The average Bonchev–Trinajstić information content (AvgIpc) is 3.32. The molecule has 1 aromatic carbocycles. The van der Waals surface area contributed by atoms with Crippen LogP contribution in [0.2, 0.25) is 0 Å². The number of likely N-dealkylation sites (tertiary alicyclic amines) is 1. The highest BCUT2D eigenvalue weighted by molar-refractivity contribution is 14.2. The van der Waals surface area contributed by atoms with Gasteiger partial charge >= 0.3 is 0 Å². The van der Waals surface area contributed by atoms with Crippen LogP contribution in [0.25, 0.3) is 33.3 Å². The first kappa shape index (κ1) is 27.6. The number of benzene rings is 1. The number of hydrogen-bond donors (Lipinski definition) is 0. The number of piperidine rings is 1. The molecule has 0 radical (unpaired) electrons. The molecule has 1 saturated heterocycles. The Bertz CT molecular complexity index is 1310. The third-order valence-corrected chi connectivity index (χ3v) is 8.13. The van der Waals surface area contributed by atoms with Crippen molar-refractivity contribution in [3.63, 3.8) is 0 Å². The fourth-order valence-electron chi connectivity index (χ4n) is 4.59. The molecule has 3 aromatic heterocycles. The highest BCUT2D eigenvalue weighted by atomic mass is 127. The fourth-order valence-corrected chi connectivity index (χ4v) is 5.85. The molecule has 37 heavy (non-hydrogen) atoms. The lowest BCUT2D eigenvalue weighted by atomic mass is 10.0. The molecular weight excluding hydrogens is 599 g/mol. The second kappa shape index (κ2) is 13.4. The summed E-state index contributed by atoms with van der Waals surface area (Å²) in [4.78, 5) is 20.5. The van der Waals surface area contributed by atoms with Crippen molar-refractivity contribution >= 4 is 47.6 Å². The fraction of sp³-hybridized carbons (Fsp3) is 0.321. The minimum atomic E-state index is 0.355. The van der Waals surface area contributed by atoms with Gasteiger partial charge in [-0.3, -0.25) is 8.87 Å². The SMILES string of the molecule is CC=O.COc1ccc(-c2cn(SI)c3ncc(-c4ccc(CN5CCCC(OC)C5)cc4)cc23)cn1. The lowest BCUT2D eigenvalue weighted by Crippen LogP contribution is -2.38. The summed E-state index contributed by atoms with van der Waals surface area (Å²) in [6.07, 6.45) is 9.40. The molecule has 1 aliphatic rings. The highest BCUT2D eigenvalue weighted by Gasteiger charge is 2.19. The van der Waals surface area contributed by atoms with Gasteiger partial charge in [-0.2, -0.15) is 0 Å². The van der Waals surface area contributed by atoms with Crippen LogP contribution in [0.1, 0.15) is 25.3 Å². The summed E-state index contributed by atoms with van der Waals surface area (Å²) >= 11 is 2.29. The van der Waals surface area contributed by atoms with E-state index in [0.717, 1.165) is 60.1 Å². The van der Waals surface area contributed by atoms with E-state index in [2.05, 4.69) is 71.6 Å². The summed E-state index contributed by atoms with van der Waals surface area (Å²) in [6.45, 7) is 4.55. The summed E-state index contributed by atoms with van der Waals surface area (Å²) < 4.78 is 12.9. The summed E-state index contributed by atoms with van der Waals surface area (Å²) in [5, 5.41) is 1.11. The lowest BCUT2D eigenvalue weighted by molar-refractivity contribution is -0.106. The molecule has 0 spiro atoms. The van der Waals surface area contributed by atoms with Gasteiger partial charge in [0.05, 0.1) is 13.2 Å². The molecule has 0 bridgehead atoms. The zero-order valence-electron chi connectivity index (χ0n) is 21.3. The Morgan fingerprint density at radius 3 is 2.46 bits per heavy atom. The second-order valence-corrected chi connectivity index (χ2v) is 10.5. The number of nitrogens with zero attached hydrogens (tertiary/aromatic N) is 4. The van der Waals surface area contributed by atoms with Gasteiger partial charge < -0.3 is 14.3 Å². The molecule has 4 heterocycles. The minimum Gasteiger partial charge on any atom is -0.481 e. The lowest BCUT2D eigenvalue weighted by Gasteiger charge is -2.31. The third kappa shape index (κ3) is 6.70. The number of fused-ring (bicyclic) bond motifs is 1. The number of aldehydes is 1. The van der Waals surface area contributed by atoms with Gasteiger partial charge in [-0.25, -0.2) is 9.97 Å². The van der Waals surface area contributed by atoms with Crippen LogP contribution in [0.5, 0.6) is 5.88 Å². The Balaban J connectivity index is 0.00000102. The molecule has 9 heteroatoms. The molecule has 1 atom stereocenters. The largest absolute Gasteiger partial charge is 0.481 e. The molecule has 1 aliphatic heterocycles. The Kier molecular flexibility index (Phi) is 9.95. The van der Waals surface area contributed by atoms with Crippen molar-refractivity contribution in [2.75, 3.05) is 27.3 Å². The van der Waals surface area contributed by atoms with Crippen molar-refractivity contribution in [2.24, 2.45) is 0 Å². The van der Waals surface area contributed by atoms with E-state index in [1.165, 1.54) is 24.5 Å². The van der Waals surface area contributed by atoms with E-state index in [0.29, 0.717) is 12.0 Å². The molecule has 0 N–H and O–H groups in total. The number of carbonyl (C=O) groups excluding carboxylic acids is 1. The molecule has 5 rings (SSSR count). The predicted octanol–water partition coefficient (Wildman–Crippen LogP) is 6.44. The summed E-state index contributed by atoms with van der Waals surface area (Å²) in [5.74, 6) is 0.608. The van der Waals surface area contributed by atoms with Crippen molar-refractivity contribution in [1.29, 1.82) is 0 Å². The van der Waals surface area contributed by atoms with Crippen LogP contribution in [0.15, 0.2) is 61.1 Å². The van der Waals surface area contributed by atoms with Crippen molar-refractivity contribution < 1.29 is 14.3 Å². The topological polar surface area (TPSA) is 69.5 Å². The van der Waals surface area contributed by atoms with E-state index >= 15 is 0 Å². The standard InChI is InChI=1S/C26H27IN4O2S.C2H4O/c1-32-22-4-3-11-30(16-22)15-18-5-7-19(8-6-18)21-12-23-24(17-31(34-27)26(23)29-14-21)20-9-10-25(33-2)28-13-20;1-2-3/h5-10,12-14,17,22H,3-4,11,15-16H2,1-2H3;2H,1H3. The highest BCUT2D eigenvalue weighted by Crippen LogP contribution is 2.36. The minimum absolute atomic E-state index is 0.355. The Morgan fingerprint density at radius 1 is 1.08 bits per heavy atom. The first-order chi connectivity index (χ1) is 18.1. The monoisotopic (exact) mass is 630 g/mol. The molecule has 1 unspecified atom stereocenters. The van der Waals surface area contributed by atoms with Crippen molar-refractivity contribution in [1.82, 2.24) is 18.8 Å². The van der Waals surface area contributed by atoms with Gasteiger partial charge in [-0.15, -0.1) is 0 Å². The number of halogens is 1. The van der Waals surface area contributed by atoms with Crippen molar-refractivity contribution in [3.05, 3.63) is 66.6 Å². The first-order valence-corrected chi connectivity index (χ1v) is 15.5. The number of methoxy groups -OCH3 is 2. The maximum Gasteiger partial charge on any atom is 0.212 e. The van der Waals surface area contributed by atoms with Gasteiger partial charge in [0.15, 0.2) is 5.65 Å². The predicted molar refractivity (Wildman–Crippen MR) is 159 cm³/mol. The average molecular weight is 631 g/mol. The number of pyridine rings is 2. The Labute approximate surface area is 234 Å². The Morgan fingerprint density at radius 2 is 1.81 bits per heavy atom. The van der Waals surface area contributed by atoms with Crippen molar-refractivity contribution in [2.45, 2.75) is 32.4 Å². The molecule has 7 nitrogen and oxygen atoms in total. The van der Waals surface area contributed by atoms with E-state index in [1.807, 2.05) is 31.6 Å². The van der Waals surface area contributed by atoms with Crippen LogP contribution in [-0.4, -0.2) is 58.5 Å². The molecule has 194 valence electrons. The summed E-state index contributed by atoms with van der Waals surface area (Å²) in [6, 6.07) is 15.0. The van der Waals surface area contributed by atoms with Crippen LogP contribution in [0.3, 0.4) is 0 Å². The maximum absolute atomic E-state index is 8.81. The van der Waals surface area contributed by atoms with E-state index < -0.39 is 0 Å². The first-order valence-electron chi connectivity index (χ1n) is 12.1. The van der Waals surface area contributed by atoms with Crippen LogP contribution in [0.4, 0.5) is 0 Å². The zero-order chi connectivity index (χ0) is 26.2.